The normalized spacial score (nSPS) is 23.4. The van der Waals surface area contributed by atoms with Crippen LogP contribution in [0.25, 0.3) is 0 Å². The first-order valence-corrected chi connectivity index (χ1v) is 20.5. The third kappa shape index (κ3) is 10.2. The Labute approximate surface area is 337 Å². The van der Waals surface area contributed by atoms with Gasteiger partial charge in [-0.1, -0.05) is 72.8 Å². The summed E-state index contributed by atoms with van der Waals surface area (Å²) in [7, 11) is 0. The zero-order valence-electron chi connectivity index (χ0n) is 32.3. The summed E-state index contributed by atoms with van der Waals surface area (Å²) in [4.78, 5) is 39.5. The number of nitrogens with zero attached hydrogens (tertiary/aromatic N) is 1. The van der Waals surface area contributed by atoms with E-state index in [-0.39, 0.29) is 42.1 Å². The van der Waals surface area contributed by atoms with Crippen LogP contribution in [-0.2, 0) is 33.6 Å². The summed E-state index contributed by atoms with van der Waals surface area (Å²) in [5.74, 6) is -2.66. The summed E-state index contributed by atoms with van der Waals surface area (Å²) in [6.45, 7) is 6.59. The maximum absolute atomic E-state index is 12.4. The maximum atomic E-state index is 12.4. The molecule has 7 rings (SSSR count). The topological polar surface area (TPSA) is 151 Å². The smallest absolute Gasteiger partial charge is 0.307 e. The second-order valence-corrected chi connectivity index (χ2v) is 16.6. The van der Waals surface area contributed by atoms with E-state index in [1.807, 2.05) is 0 Å². The molecule has 10 nitrogen and oxygen atoms in total. The number of carboxylic acids is 3. The maximum Gasteiger partial charge on any atom is 0.307 e. The third-order valence-electron chi connectivity index (χ3n) is 13.2. The number of carboxylic acid groups (broad SMARTS) is 3. The van der Waals surface area contributed by atoms with E-state index in [2.05, 4.69) is 93.6 Å². The van der Waals surface area contributed by atoms with Gasteiger partial charge in [0.1, 0.15) is 0 Å². The quantitative estimate of drug-likeness (QED) is 0.108. The van der Waals surface area contributed by atoms with Crippen molar-refractivity contribution in [3.63, 3.8) is 0 Å². The molecule has 0 spiro atoms. The standard InChI is InChI=1S/C45H58N4O6.ClH/c50-43(51)39(36-11-16-46-26-36)23-29-7-9-32(10-8-29)33-14-19-49(20-15-33)42(34-5-1-3-30(21-34)24-40(44(52)53)37-12-17-47-27-37)35-6-2-4-31(22-35)25-41(45(54)55)38-13-18-48-28-38;/h1-10,21-22,33,36-42,46-48H,11-20,23-28H2,(H,50,51)(H,52,53)(H,54,55);1H/t36-,37-,38-,39-,40-,41-;/m0./s1. The van der Waals surface area contributed by atoms with Gasteiger partial charge in [-0.3, -0.25) is 19.3 Å². The molecule has 6 N–H and O–H groups in total. The van der Waals surface area contributed by atoms with Gasteiger partial charge >= 0.3 is 17.9 Å². The summed E-state index contributed by atoms with van der Waals surface area (Å²) in [5.41, 5.74) is 6.69. The predicted octanol–water partition coefficient (Wildman–Crippen LogP) is 5.64. The molecule has 0 saturated carbocycles. The van der Waals surface area contributed by atoms with Crippen LogP contribution in [0.4, 0.5) is 0 Å². The Bertz CT molecular complexity index is 1680. The molecule has 0 aliphatic carbocycles. The lowest BCUT2D eigenvalue weighted by molar-refractivity contribution is -0.144. The van der Waals surface area contributed by atoms with Gasteiger partial charge in [0.05, 0.1) is 23.8 Å². The Hall–Kier alpha value is -3.80. The van der Waals surface area contributed by atoms with Crippen molar-refractivity contribution in [2.75, 3.05) is 52.4 Å². The van der Waals surface area contributed by atoms with Crippen LogP contribution >= 0.6 is 12.4 Å². The van der Waals surface area contributed by atoms with Crippen molar-refractivity contribution in [2.45, 2.75) is 63.3 Å². The van der Waals surface area contributed by atoms with Crippen LogP contribution in [0.5, 0.6) is 0 Å². The van der Waals surface area contributed by atoms with Crippen molar-refractivity contribution in [1.82, 2.24) is 20.9 Å². The van der Waals surface area contributed by atoms with Gasteiger partial charge in [0.15, 0.2) is 0 Å². The monoisotopic (exact) mass is 786 g/mol. The molecule has 3 aromatic carbocycles. The molecule has 302 valence electrons. The molecule has 4 aliphatic heterocycles. The lowest BCUT2D eigenvalue weighted by atomic mass is 9.83. The van der Waals surface area contributed by atoms with Crippen LogP contribution < -0.4 is 16.0 Å². The number of carbonyl (C=O) groups is 3. The molecule has 4 saturated heterocycles. The summed E-state index contributed by atoms with van der Waals surface area (Å²) in [6.07, 6.45) is 6.14. The van der Waals surface area contributed by atoms with Gasteiger partial charge in [-0.15, -0.1) is 12.4 Å². The number of halogens is 1. The van der Waals surface area contributed by atoms with Gasteiger partial charge < -0.3 is 31.3 Å². The number of rotatable bonds is 16. The molecule has 0 unspecified atom stereocenters. The minimum Gasteiger partial charge on any atom is -0.481 e. The fraction of sp³-hybridized carbons (Fsp3) is 0.533. The summed E-state index contributed by atoms with van der Waals surface area (Å²) in [5, 5.41) is 40.3. The molecule has 0 aromatic heterocycles. The van der Waals surface area contributed by atoms with Crippen molar-refractivity contribution in [3.05, 3.63) is 106 Å². The Morgan fingerprint density at radius 1 is 0.571 bits per heavy atom. The van der Waals surface area contributed by atoms with Crippen molar-refractivity contribution >= 4 is 30.3 Å². The van der Waals surface area contributed by atoms with Crippen LogP contribution in [0.15, 0.2) is 72.8 Å². The van der Waals surface area contributed by atoms with E-state index in [9.17, 15) is 29.7 Å². The Morgan fingerprint density at radius 2 is 0.982 bits per heavy atom. The highest BCUT2D eigenvalue weighted by molar-refractivity contribution is 5.85. The lowest BCUT2D eigenvalue weighted by Gasteiger charge is -2.38. The molecule has 0 bridgehead atoms. The molecule has 4 fully saturated rings. The highest BCUT2D eigenvalue weighted by Crippen LogP contribution is 2.38. The van der Waals surface area contributed by atoms with Crippen LogP contribution in [0.2, 0.25) is 0 Å². The first kappa shape index (κ1) is 41.8. The van der Waals surface area contributed by atoms with Crippen LogP contribution in [0.1, 0.15) is 77.4 Å². The summed E-state index contributed by atoms with van der Waals surface area (Å²) >= 11 is 0. The van der Waals surface area contributed by atoms with E-state index < -0.39 is 29.7 Å². The van der Waals surface area contributed by atoms with Crippen LogP contribution in [0, 0.1) is 35.5 Å². The number of benzene rings is 3. The Morgan fingerprint density at radius 3 is 1.36 bits per heavy atom. The zero-order chi connectivity index (χ0) is 38.3. The second kappa shape index (κ2) is 19.6. The molecule has 56 heavy (non-hydrogen) atoms. The third-order valence-corrected chi connectivity index (χ3v) is 13.2. The van der Waals surface area contributed by atoms with Gasteiger partial charge in [0, 0.05) is 0 Å². The van der Waals surface area contributed by atoms with Crippen molar-refractivity contribution in [1.29, 1.82) is 0 Å². The molecule has 11 heteroatoms. The molecule has 4 aliphatic rings. The van der Waals surface area contributed by atoms with E-state index in [4.69, 9.17) is 0 Å². The first-order valence-electron chi connectivity index (χ1n) is 20.5. The van der Waals surface area contributed by atoms with Gasteiger partial charge in [-0.25, -0.2) is 0 Å². The van der Waals surface area contributed by atoms with Gasteiger partial charge in [0.25, 0.3) is 0 Å². The fourth-order valence-electron chi connectivity index (χ4n) is 10.0. The number of hydrogen-bond donors (Lipinski definition) is 6. The number of aliphatic carboxylic acids is 3. The van der Waals surface area contributed by atoms with E-state index >= 15 is 0 Å². The highest BCUT2D eigenvalue weighted by Gasteiger charge is 2.34. The molecule has 0 amide bonds. The minimum atomic E-state index is -0.739. The van der Waals surface area contributed by atoms with E-state index in [0.29, 0.717) is 25.2 Å². The lowest BCUT2D eigenvalue weighted by Crippen LogP contribution is -2.37. The number of hydrogen-bond acceptors (Lipinski definition) is 7. The Kier molecular flexibility index (Phi) is 14.6. The highest BCUT2D eigenvalue weighted by atomic mass is 35.5. The molecule has 0 radical (unpaired) electrons. The second-order valence-electron chi connectivity index (χ2n) is 16.6. The predicted molar refractivity (Wildman–Crippen MR) is 219 cm³/mol. The summed E-state index contributed by atoms with van der Waals surface area (Å²) in [6, 6.07) is 25.6. The average Bonchev–Trinajstić information content (AvgIpc) is 4.02. The summed E-state index contributed by atoms with van der Waals surface area (Å²) < 4.78 is 0. The minimum absolute atomic E-state index is 0. The molecular formula is C45H59ClN4O6. The van der Waals surface area contributed by atoms with Crippen molar-refractivity contribution in [3.8, 4) is 0 Å². The molecule has 3 aromatic rings. The van der Waals surface area contributed by atoms with Crippen molar-refractivity contribution < 1.29 is 29.7 Å². The molecule has 6 atom stereocenters. The Balaban J connectivity index is 0.00000532. The van der Waals surface area contributed by atoms with Gasteiger partial charge in [-0.05, 0) is 161 Å². The van der Waals surface area contributed by atoms with E-state index in [0.717, 1.165) is 112 Å². The first-order chi connectivity index (χ1) is 26.7. The largest absolute Gasteiger partial charge is 0.481 e. The van der Waals surface area contributed by atoms with Crippen LogP contribution in [-0.4, -0.2) is 90.5 Å². The number of nitrogens with one attached hydrogen (secondary N) is 3. The van der Waals surface area contributed by atoms with Crippen LogP contribution in [0.3, 0.4) is 0 Å². The van der Waals surface area contributed by atoms with E-state index in [1.54, 1.807) is 0 Å². The number of piperidine rings is 1. The fourth-order valence-corrected chi connectivity index (χ4v) is 10.0. The van der Waals surface area contributed by atoms with E-state index in [1.165, 1.54) is 5.56 Å². The number of likely N-dealkylation sites (tertiary alicyclic amines) is 1. The van der Waals surface area contributed by atoms with Crippen molar-refractivity contribution in [2.24, 2.45) is 35.5 Å². The SMILES string of the molecule is Cl.O=C(O)[C@@H](Cc1ccc(C2CCN(C(c3cccc(C[C@H](C(=O)O)[C@H]4CCNC4)c3)c3cccc(C[C@H](C(=O)O)[C@H]4CCNC4)c3)CC2)cc1)[C@H]1CCNC1. The van der Waals surface area contributed by atoms with Gasteiger partial charge in [0.2, 0.25) is 0 Å². The molecular weight excluding hydrogens is 728 g/mol. The average molecular weight is 787 g/mol. The zero-order valence-corrected chi connectivity index (χ0v) is 33.1. The van der Waals surface area contributed by atoms with Gasteiger partial charge in [-0.2, -0.15) is 0 Å². The molecule has 4 heterocycles.